The van der Waals surface area contributed by atoms with Gasteiger partial charge in [-0.2, -0.15) is 0 Å². The summed E-state index contributed by atoms with van der Waals surface area (Å²) in [6.45, 7) is 3.93. The summed E-state index contributed by atoms with van der Waals surface area (Å²) in [6, 6.07) is 0. The van der Waals surface area contributed by atoms with Crippen molar-refractivity contribution in [2.45, 2.75) is 90.9 Å². The van der Waals surface area contributed by atoms with Crippen molar-refractivity contribution in [3.8, 4) is 0 Å². The van der Waals surface area contributed by atoms with Gasteiger partial charge in [-0.1, -0.05) is 64.0 Å². The van der Waals surface area contributed by atoms with Gasteiger partial charge in [-0.05, 0) is 32.6 Å². The van der Waals surface area contributed by atoms with Crippen LogP contribution in [0.3, 0.4) is 0 Å². The quantitative estimate of drug-likeness (QED) is 0.297. The van der Waals surface area contributed by atoms with Gasteiger partial charge >= 0.3 is 0 Å². The van der Waals surface area contributed by atoms with Crippen LogP contribution in [0.5, 0.6) is 0 Å². The van der Waals surface area contributed by atoms with E-state index in [1.165, 1.54) is 64.2 Å². The molecule has 0 heterocycles. The highest BCUT2D eigenvalue weighted by molar-refractivity contribution is 5.75. The largest absolute Gasteiger partial charge is 0.300 e. The minimum Gasteiger partial charge on any atom is -0.300 e. The topological polar surface area (TPSA) is 17.1 Å². The third kappa shape index (κ3) is 15.4. The number of unbranched alkanes of at least 4 members (excludes halogenated alkanes) is 9. The number of carbonyl (C=O) groups is 1. The van der Waals surface area contributed by atoms with Crippen LogP contribution in [-0.2, 0) is 4.79 Å². The summed E-state index contributed by atoms with van der Waals surface area (Å²) in [5.41, 5.74) is 0. The van der Waals surface area contributed by atoms with Crippen molar-refractivity contribution >= 4 is 5.78 Å². The third-order valence-electron chi connectivity index (χ3n) is 3.29. The van der Waals surface area contributed by atoms with Crippen LogP contribution in [0.25, 0.3) is 0 Å². The van der Waals surface area contributed by atoms with E-state index < -0.39 is 0 Å². The molecule has 0 spiro atoms. The molecule has 0 bridgehead atoms. The lowest BCUT2D eigenvalue weighted by Crippen LogP contribution is -1.89. The van der Waals surface area contributed by atoms with Gasteiger partial charge in [-0.15, -0.1) is 0 Å². The maximum absolute atomic E-state index is 10.7. The number of ketones is 1. The van der Waals surface area contributed by atoms with Crippen molar-refractivity contribution < 1.29 is 4.79 Å². The van der Waals surface area contributed by atoms with Crippen molar-refractivity contribution in [3.63, 3.8) is 0 Å². The van der Waals surface area contributed by atoms with E-state index in [9.17, 15) is 4.79 Å². The fourth-order valence-corrected chi connectivity index (χ4v) is 2.08. The zero-order valence-electron chi connectivity index (χ0n) is 12.5. The first-order chi connectivity index (χ1) is 8.77. The molecule has 0 amide bonds. The van der Waals surface area contributed by atoms with Crippen molar-refractivity contribution in [2.24, 2.45) is 0 Å². The Bertz CT molecular complexity index is 206. The number of Topliss-reactive ketones (excluding diaryl/α,β-unsaturated/α-hetero) is 1. The van der Waals surface area contributed by atoms with E-state index in [0.29, 0.717) is 5.78 Å². The second-order valence-electron chi connectivity index (χ2n) is 5.33. The molecule has 0 unspecified atom stereocenters. The first kappa shape index (κ1) is 17.4. The Morgan fingerprint density at radius 3 is 1.83 bits per heavy atom. The molecule has 18 heavy (non-hydrogen) atoms. The normalized spacial score (nSPS) is 11.2. The van der Waals surface area contributed by atoms with Crippen molar-refractivity contribution in [1.82, 2.24) is 0 Å². The van der Waals surface area contributed by atoms with Gasteiger partial charge in [0.2, 0.25) is 0 Å². The van der Waals surface area contributed by atoms with E-state index >= 15 is 0 Å². The molecule has 0 aliphatic heterocycles. The molecule has 0 radical (unpaired) electrons. The van der Waals surface area contributed by atoms with Crippen LogP contribution in [0, 0.1) is 0 Å². The Morgan fingerprint density at radius 2 is 1.28 bits per heavy atom. The predicted molar refractivity (Wildman–Crippen MR) is 80.9 cm³/mol. The van der Waals surface area contributed by atoms with Crippen LogP contribution >= 0.6 is 0 Å². The Labute approximate surface area is 114 Å². The third-order valence-corrected chi connectivity index (χ3v) is 3.29. The molecule has 0 N–H and O–H groups in total. The molecule has 0 aliphatic carbocycles. The molecule has 0 saturated carbocycles. The lowest BCUT2D eigenvalue weighted by molar-refractivity contribution is -0.117. The highest BCUT2D eigenvalue weighted by Crippen LogP contribution is 2.10. The first-order valence-electron chi connectivity index (χ1n) is 7.91. The molecule has 0 aromatic heterocycles. The van der Waals surface area contributed by atoms with E-state index in [0.717, 1.165) is 12.8 Å². The SMILES string of the molecule is CCCC/C=C\CCCCCCCCCC(C)=O. The number of hydrogen-bond acceptors (Lipinski definition) is 1. The van der Waals surface area contributed by atoms with Gasteiger partial charge in [0.25, 0.3) is 0 Å². The van der Waals surface area contributed by atoms with E-state index in [2.05, 4.69) is 19.1 Å². The van der Waals surface area contributed by atoms with E-state index in [1.807, 2.05) is 0 Å². The van der Waals surface area contributed by atoms with Crippen LogP contribution in [0.15, 0.2) is 12.2 Å². The molecule has 106 valence electrons. The summed E-state index contributed by atoms with van der Waals surface area (Å²) < 4.78 is 0. The smallest absolute Gasteiger partial charge is 0.129 e. The molecule has 0 rings (SSSR count). The van der Waals surface area contributed by atoms with Crippen LogP contribution in [0.2, 0.25) is 0 Å². The summed E-state index contributed by atoms with van der Waals surface area (Å²) in [6.07, 6.45) is 19.7. The average Bonchev–Trinajstić information content (AvgIpc) is 2.34. The first-order valence-corrected chi connectivity index (χ1v) is 7.91. The van der Waals surface area contributed by atoms with Gasteiger partial charge < -0.3 is 4.79 Å². The predicted octanol–water partition coefficient (Wildman–Crippen LogP) is 5.83. The summed E-state index contributed by atoms with van der Waals surface area (Å²) in [7, 11) is 0. The van der Waals surface area contributed by atoms with Crippen molar-refractivity contribution in [3.05, 3.63) is 12.2 Å². The lowest BCUT2D eigenvalue weighted by atomic mass is 10.1. The molecule has 0 atom stereocenters. The van der Waals surface area contributed by atoms with Gasteiger partial charge in [0.05, 0.1) is 0 Å². The van der Waals surface area contributed by atoms with Crippen molar-refractivity contribution in [1.29, 1.82) is 0 Å². The minimum absolute atomic E-state index is 0.338. The van der Waals surface area contributed by atoms with E-state index in [-0.39, 0.29) is 0 Å². The number of carbonyl (C=O) groups excluding carboxylic acids is 1. The second kappa shape index (κ2) is 14.5. The zero-order valence-corrected chi connectivity index (χ0v) is 12.5. The molecular weight excluding hydrogens is 220 g/mol. The molecule has 0 aromatic carbocycles. The molecule has 0 fully saturated rings. The Hall–Kier alpha value is -0.590. The van der Waals surface area contributed by atoms with E-state index in [4.69, 9.17) is 0 Å². The maximum Gasteiger partial charge on any atom is 0.129 e. The summed E-state index contributed by atoms with van der Waals surface area (Å²) in [5.74, 6) is 0.338. The molecular formula is C17H32O. The molecule has 1 heteroatoms. The highest BCUT2D eigenvalue weighted by atomic mass is 16.1. The molecule has 0 aliphatic rings. The summed E-state index contributed by atoms with van der Waals surface area (Å²) in [5, 5.41) is 0. The number of rotatable bonds is 13. The van der Waals surface area contributed by atoms with Gasteiger partial charge in [-0.25, -0.2) is 0 Å². The molecule has 0 saturated heterocycles. The van der Waals surface area contributed by atoms with Crippen LogP contribution in [0.1, 0.15) is 90.9 Å². The molecule has 0 aromatic rings. The van der Waals surface area contributed by atoms with Gasteiger partial charge in [0.1, 0.15) is 5.78 Å². The fourth-order valence-electron chi connectivity index (χ4n) is 2.08. The number of allylic oxidation sites excluding steroid dienone is 2. The monoisotopic (exact) mass is 252 g/mol. The Morgan fingerprint density at radius 1 is 0.778 bits per heavy atom. The lowest BCUT2D eigenvalue weighted by Gasteiger charge is -2.00. The molecule has 1 nitrogen and oxygen atoms in total. The standard InChI is InChI=1S/C17H32O/c1-3-4-5-6-7-8-9-10-11-12-13-14-15-16-17(2)18/h6-7H,3-5,8-16H2,1-2H3/b7-6-. The average molecular weight is 252 g/mol. The number of hydrogen-bond donors (Lipinski definition) is 0. The second-order valence-corrected chi connectivity index (χ2v) is 5.33. The van der Waals surface area contributed by atoms with Crippen LogP contribution in [-0.4, -0.2) is 5.78 Å². The van der Waals surface area contributed by atoms with Crippen LogP contribution in [0.4, 0.5) is 0 Å². The summed E-state index contributed by atoms with van der Waals surface area (Å²) in [4.78, 5) is 10.7. The van der Waals surface area contributed by atoms with Crippen LogP contribution < -0.4 is 0 Å². The minimum atomic E-state index is 0.338. The van der Waals surface area contributed by atoms with Gasteiger partial charge in [0, 0.05) is 6.42 Å². The van der Waals surface area contributed by atoms with Gasteiger partial charge in [0.15, 0.2) is 0 Å². The van der Waals surface area contributed by atoms with Crippen molar-refractivity contribution in [2.75, 3.05) is 0 Å². The Kier molecular flexibility index (Phi) is 14.0. The highest BCUT2D eigenvalue weighted by Gasteiger charge is 1.94. The van der Waals surface area contributed by atoms with Gasteiger partial charge in [-0.3, -0.25) is 0 Å². The Balaban J connectivity index is 3.03. The van der Waals surface area contributed by atoms with E-state index in [1.54, 1.807) is 6.92 Å². The maximum atomic E-state index is 10.7. The fraction of sp³-hybridized carbons (Fsp3) is 0.824. The zero-order chi connectivity index (χ0) is 13.5. The summed E-state index contributed by atoms with van der Waals surface area (Å²) >= 11 is 0.